The van der Waals surface area contributed by atoms with Crippen LogP contribution in [0.3, 0.4) is 0 Å². The lowest BCUT2D eigenvalue weighted by atomic mass is 9.55. The molecule has 0 amide bonds. The summed E-state index contributed by atoms with van der Waals surface area (Å²) in [7, 11) is 0. The Bertz CT molecular complexity index is 1370. The van der Waals surface area contributed by atoms with Crippen molar-refractivity contribution in [1.29, 1.82) is 0 Å². The Morgan fingerprint density at radius 2 is 0.426 bits per heavy atom. The quantitative estimate of drug-likeness (QED) is 0.305. The van der Waals surface area contributed by atoms with E-state index in [-0.39, 0.29) is 48.7 Å². The summed E-state index contributed by atoms with van der Waals surface area (Å²) < 4.78 is 0. The van der Waals surface area contributed by atoms with Crippen molar-refractivity contribution in [2.75, 3.05) is 0 Å². The van der Waals surface area contributed by atoms with Crippen LogP contribution in [-0.4, -0.2) is 0 Å². The van der Waals surface area contributed by atoms with Gasteiger partial charge in [0.15, 0.2) is 0 Å². The molecule has 2 aromatic rings. The van der Waals surface area contributed by atoms with E-state index in [2.05, 4.69) is 192 Å². The first kappa shape index (κ1) is 41.6. The van der Waals surface area contributed by atoms with Gasteiger partial charge in [0.05, 0.1) is 0 Å². The molecular weight excluding hydrogens is 565 g/mol. The normalized spacial score (nSPS) is 15.0. The summed E-state index contributed by atoms with van der Waals surface area (Å²) in [4.78, 5) is 0. The van der Waals surface area contributed by atoms with Gasteiger partial charge in [-0.15, -0.1) is 0 Å². The molecule has 0 spiro atoms. The van der Waals surface area contributed by atoms with Crippen LogP contribution < -0.4 is 0 Å². The highest BCUT2D eigenvalue weighted by Crippen LogP contribution is 2.56. The fraction of sp³-hybridized carbons (Fsp3) is 0.745. The first-order chi connectivity index (χ1) is 20.2. The molecule has 0 N–H and O–H groups in total. The summed E-state index contributed by atoms with van der Waals surface area (Å²) in [6, 6.07) is 5.25. The van der Waals surface area contributed by atoms with Crippen molar-refractivity contribution in [1.82, 2.24) is 0 Å². The van der Waals surface area contributed by atoms with Crippen LogP contribution in [0.1, 0.15) is 236 Å². The third-order valence-corrected chi connectivity index (χ3v) is 10.1. The van der Waals surface area contributed by atoms with Crippen LogP contribution in [0.25, 0.3) is 0 Å². The van der Waals surface area contributed by atoms with Crippen molar-refractivity contribution < 1.29 is 0 Å². The third kappa shape index (κ3) is 8.26. The zero-order chi connectivity index (χ0) is 37.7. The lowest BCUT2D eigenvalue weighted by Crippen LogP contribution is -2.40. The van der Waals surface area contributed by atoms with Gasteiger partial charge in [0.1, 0.15) is 0 Å². The molecular formula is C47H80. The molecule has 0 aliphatic rings. The lowest BCUT2D eigenvalue weighted by molar-refractivity contribution is 0.439. The van der Waals surface area contributed by atoms with E-state index in [0.717, 1.165) is 0 Å². The monoisotopic (exact) mass is 645 g/mol. The van der Waals surface area contributed by atoms with E-state index in [1.807, 2.05) is 0 Å². The van der Waals surface area contributed by atoms with E-state index in [0.29, 0.717) is 0 Å². The average molecular weight is 645 g/mol. The Morgan fingerprint density at radius 1 is 0.234 bits per heavy atom. The molecule has 0 unspecified atom stereocenters. The van der Waals surface area contributed by atoms with Crippen LogP contribution >= 0.6 is 0 Å². The largest absolute Gasteiger partial charge is 0.0561 e. The van der Waals surface area contributed by atoms with Gasteiger partial charge in [-0.05, 0) is 99.0 Å². The fourth-order valence-electron chi connectivity index (χ4n) is 8.26. The smallest absolute Gasteiger partial charge is 0.0152 e. The van der Waals surface area contributed by atoms with E-state index >= 15 is 0 Å². The Hall–Kier alpha value is -1.56. The topological polar surface area (TPSA) is 0 Å². The maximum absolute atomic E-state index is 2.62. The van der Waals surface area contributed by atoms with Crippen molar-refractivity contribution in [3.8, 4) is 0 Å². The van der Waals surface area contributed by atoms with Crippen LogP contribution in [0, 0.1) is 0 Å². The summed E-state index contributed by atoms with van der Waals surface area (Å²) >= 11 is 0. The standard InChI is InChI=1S/C47H80/c1-39(2,3)30-27-29(28-31(40(4,5)6)32(30)41(7,8)9)47(25,26)38-36(45(19,20)21)34(43(13,14)15)33(42(10,11)12)35(44(16,17)18)37(38)46(22,23)24/h27-28H,1-26H3. The second-order valence-electron chi connectivity index (χ2n) is 23.8. The van der Waals surface area contributed by atoms with Gasteiger partial charge in [0.2, 0.25) is 0 Å². The molecule has 0 saturated heterocycles. The van der Waals surface area contributed by atoms with Crippen molar-refractivity contribution in [3.05, 3.63) is 67.8 Å². The second kappa shape index (κ2) is 11.8. The molecule has 0 saturated carbocycles. The van der Waals surface area contributed by atoms with E-state index in [9.17, 15) is 0 Å². The molecule has 2 aromatic carbocycles. The summed E-state index contributed by atoms with van der Waals surface area (Å²) in [5.74, 6) is 0. The highest BCUT2D eigenvalue weighted by Gasteiger charge is 2.46. The summed E-state index contributed by atoms with van der Waals surface area (Å²) in [6.45, 7) is 63.7. The predicted molar refractivity (Wildman–Crippen MR) is 215 cm³/mol. The number of rotatable bonds is 2. The van der Waals surface area contributed by atoms with Gasteiger partial charge < -0.3 is 0 Å². The molecule has 0 aliphatic carbocycles. The minimum atomic E-state index is -0.252. The predicted octanol–water partition coefficient (Wildman–Crippen LogP) is 14.4. The Labute approximate surface area is 295 Å². The van der Waals surface area contributed by atoms with E-state index < -0.39 is 0 Å². The molecule has 0 radical (unpaired) electrons. The number of hydrogen-bond donors (Lipinski definition) is 0. The number of hydrogen-bond acceptors (Lipinski definition) is 0. The molecule has 0 nitrogen and oxygen atoms in total. The van der Waals surface area contributed by atoms with Gasteiger partial charge in [0, 0.05) is 5.41 Å². The van der Waals surface area contributed by atoms with Gasteiger partial charge in [-0.3, -0.25) is 0 Å². The van der Waals surface area contributed by atoms with Crippen LogP contribution in [0.4, 0.5) is 0 Å². The molecule has 0 heterocycles. The summed E-state index contributed by atoms with van der Waals surface area (Å²) in [6.07, 6.45) is 0. The molecule has 268 valence electrons. The maximum Gasteiger partial charge on any atom is 0.0152 e. The minimum absolute atomic E-state index is 0.0116. The Kier molecular flexibility index (Phi) is 10.4. The van der Waals surface area contributed by atoms with E-state index in [1.165, 1.54) is 22.3 Å². The van der Waals surface area contributed by atoms with E-state index in [4.69, 9.17) is 0 Å². The Balaban J connectivity index is 3.68. The first-order valence-electron chi connectivity index (χ1n) is 18.7. The van der Waals surface area contributed by atoms with E-state index in [1.54, 1.807) is 33.4 Å². The van der Waals surface area contributed by atoms with Crippen LogP contribution in [0.2, 0.25) is 0 Å². The average Bonchev–Trinajstić information content (AvgIpc) is 2.76. The van der Waals surface area contributed by atoms with Crippen molar-refractivity contribution in [3.63, 3.8) is 0 Å². The van der Waals surface area contributed by atoms with Gasteiger partial charge in [-0.25, -0.2) is 0 Å². The van der Waals surface area contributed by atoms with Gasteiger partial charge >= 0.3 is 0 Å². The van der Waals surface area contributed by atoms with Crippen LogP contribution in [0.5, 0.6) is 0 Å². The molecule has 0 fully saturated rings. The molecule has 2 rings (SSSR count). The SMILES string of the molecule is CC(C)(C)c1cc(C(C)(C)c2c(C(C)(C)C)c(C(C)(C)C)c(C(C)(C)C)c(C(C)(C)C)c2C(C)(C)C)cc(C(C)(C)C)c1C(C)(C)C. The molecule has 0 aromatic heterocycles. The zero-order valence-corrected chi connectivity index (χ0v) is 36.7. The van der Waals surface area contributed by atoms with Crippen LogP contribution in [-0.2, 0) is 48.7 Å². The van der Waals surface area contributed by atoms with Crippen molar-refractivity contribution in [2.24, 2.45) is 0 Å². The van der Waals surface area contributed by atoms with Crippen molar-refractivity contribution in [2.45, 2.75) is 229 Å². The highest BCUT2D eigenvalue weighted by molar-refractivity contribution is 5.66. The molecule has 47 heavy (non-hydrogen) atoms. The molecule has 0 atom stereocenters. The lowest BCUT2D eigenvalue weighted by Gasteiger charge is -2.49. The van der Waals surface area contributed by atoms with Crippen molar-refractivity contribution >= 4 is 0 Å². The van der Waals surface area contributed by atoms with Crippen LogP contribution in [0.15, 0.2) is 12.1 Å². The third-order valence-electron chi connectivity index (χ3n) is 10.1. The number of benzene rings is 2. The van der Waals surface area contributed by atoms with Gasteiger partial charge in [0.25, 0.3) is 0 Å². The summed E-state index contributed by atoms with van der Waals surface area (Å²) in [5, 5.41) is 0. The fourth-order valence-corrected chi connectivity index (χ4v) is 8.26. The molecule has 0 bridgehead atoms. The Morgan fingerprint density at radius 3 is 0.596 bits per heavy atom. The molecule has 0 aliphatic heterocycles. The molecule has 0 heteroatoms. The maximum atomic E-state index is 2.62. The van der Waals surface area contributed by atoms with Gasteiger partial charge in [-0.2, -0.15) is 0 Å². The summed E-state index contributed by atoms with van der Waals surface area (Å²) in [5.41, 5.74) is 15.0. The minimum Gasteiger partial charge on any atom is -0.0561 e. The first-order valence-corrected chi connectivity index (χ1v) is 18.7. The van der Waals surface area contributed by atoms with Gasteiger partial charge in [-0.1, -0.05) is 192 Å². The second-order valence-corrected chi connectivity index (χ2v) is 23.8. The zero-order valence-electron chi connectivity index (χ0n) is 36.7. The highest BCUT2D eigenvalue weighted by atomic mass is 14.5.